The molecule has 1 aliphatic heterocycles. The number of furan rings is 1. The predicted octanol–water partition coefficient (Wildman–Crippen LogP) is 3.69. The topological polar surface area (TPSA) is 59.7 Å². The Labute approximate surface area is 127 Å². The lowest BCUT2D eigenvalue weighted by atomic mass is 9.77. The summed E-state index contributed by atoms with van der Waals surface area (Å²) in [6, 6.07) is 11.1. The van der Waals surface area contributed by atoms with Crippen molar-refractivity contribution in [3.8, 4) is 5.75 Å². The molecular weight excluding hydrogens is 280 g/mol. The zero-order chi connectivity index (χ0) is 15.7. The van der Waals surface area contributed by atoms with Crippen LogP contribution in [0.25, 0.3) is 21.9 Å². The summed E-state index contributed by atoms with van der Waals surface area (Å²) in [4.78, 5) is 12.9. The number of rotatable bonds is 0. The van der Waals surface area contributed by atoms with Crippen molar-refractivity contribution in [2.75, 3.05) is 0 Å². The van der Waals surface area contributed by atoms with E-state index in [0.717, 1.165) is 5.39 Å². The number of ketones is 1. The van der Waals surface area contributed by atoms with Gasteiger partial charge in [0.2, 0.25) is 5.78 Å². The van der Waals surface area contributed by atoms with Gasteiger partial charge in [-0.15, -0.1) is 0 Å². The maximum absolute atomic E-state index is 12.9. The van der Waals surface area contributed by atoms with Gasteiger partial charge in [0.05, 0.1) is 5.56 Å². The van der Waals surface area contributed by atoms with Gasteiger partial charge < -0.3 is 14.3 Å². The highest BCUT2D eigenvalue weighted by atomic mass is 16.5. The Balaban J connectivity index is 2.15. The van der Waals surface area contributed by atoms with Crippen LogP contribution in [-0.4, -0.2) is 22.1 Å². The number of hydrogen-bond donors (Lipinski definition) is 1. The number of carbonyl (C=O) groups excluding carboxylic acids is 1. The second-order valence-electron chi connectivity index (χ2n) is 6.42. The summed E-state index contributed by atoms with van der Waals surface area (Å²) in [6.45, 7) is 4.93. The first kappa shape index (κ1) is 13.3. The van der Waals surface area contributed by atoms with E-state index in [1.165, 1.54) is 6.92 Å². The molecule has 1 aromatic heterocycles. The van der Waals surface area contributed by atoms with Gasteiger partial charge in [-0.3, -0.25) is 4.79 Å². The third-order valence-corrected chi connectivity index (χ3v) is 4.71. The van der Waals surface area contributed by atoms with Gasteiger partial charge in [-0.05, 0) is 39.0 Å². The van der Waals surface area contributed by atoms with Crippen molar-refractivity contribution >= 4 is 27.7 Å². The summed E-state index contributed by atoms with van der Waals surface area (Å²) in [5.41, 5.74) is -0.876. The van der Waals surface area contributed by atoms with E-state index in [1.807, 2.05) is 24.3 Å². The molecule has 2 heterocycles. The Morgan fingerprint density at radius 1 is 1.00 bits per heavy atom. The standard InChI is InChI=1S/C18H16O4/c1-17(2)18(3,20)16(19)15-13(22-17)9-8-12-14(15)10-6-4-5-7-11(10)21-12/h4-9,20H,1-3H3. The minimum atomic E-state index is -1.60. The molecule has 0 spiro atoms. The number of ether oxygens (including phenoxy) is 1. The summed E-state index contributed by atoms with van der Waals surface area (Å²) in [5.74, 6) is 0.150. The van der Waals surface area contributed by atoms with Crippen LogP contribution in [0.3, 0.4) is 0 Å². The number of aliphatic hydroxyl groups is 1. The van der Waals surface area contributed by atoms with E-state index in [0.29, 0.717) is 27.9 Å². The molecule has 1 N–H and O–H groups in total. The Kier molecular flexibility index (Phi) is 2.36. The minimum absolute atomic E-state index is 0.337. The fourth-order valence-corrected chi connectivity index (χ4v) is 3.00. The molecule has 22 heavy (non-hydrogen) atoms. The molecular formula is C18H16O4. The number of fused-ring (bicyclic) bond motifs is 5. The van der Waals surface area contributed by atoms with Crippen LogP contribution in [0, 0.1) is 0 Å². The van der Waals surface area contributed by atoms with E-state index in [2.05, 4.69) is 0 Å². The third-order valence-electron chi connectivity index (χ3n) is 4.71. The van der Waals surface area contributed by atoms with Crippen LogP contribution in [0.2, 0.25) is 0 Å². The maximum Gasteiger partial charge on any atom is 0.202 e. The summed E-state index contributed by atoms with van der Waals surface area (Å²) in [7, 11) is 0. The number of benzene rings is 2. The second-order valence-corrected chi connectivity index (χ2v) is 6.42. The van der Waals surface area contributed by atoms with E-state index in [1.54, 1.807) is 26.0 Å². The first-order valence-electron chi connectivity index (χ1n) is 7.23. The van der Waals surface area contributed by atoms with E-state index in [9.17, 15) is 9.90 Å². The van der Waals surface area contributed by atoms with Crippen LogP contribution < -0.4 is 4.74 Å². The van der Waals surface area contributed by atoms with Gasteiger partial charge in [0.1, 0.15) is 22.5 Å². The molecule has 1 aliphatic rings. The van der Waals surface area contributed by atoms with E-state index in [-0.39, 0.29) is 5.78 Å². The van der Waals surface area contributed by atoms with Gasteiger partial charge >= 0.3 is 0 Å². The average Bonchev–Trinajstić information content (AvgIpc) is 2.83. The quantitative estimate of drug-likeness (QED) is 0.687. The van der Waals surface area contributed by atoms with Crippen molar-refractivity contribution in [1.29, 1.82) is 0 Å². The lowest BCUT2D eigenvalue weighted by Gasteiger charge is -2.43. The minimum Gasteiger partial charge on any atom is -0.484 e. The van der Waals surface area contributed by atoms with Crippen LogP contribution in [0.1, 0.15) is 31.1 Å². The fourth-order valence-electron chi connectivity index (χ4n) is 3.00. The first-order valence-corrected chi connectivity index (χ1v) is 7.23. The lowest BCUT2D eigenvalue weighted by molar-refractivity contribution is -0.0851. The molecule has 0 amide bonds. The van der Waals surface area contributed by atoms with Crippen LogP contribution in [-0.2, 0) is 0 Å². The summed E-state index contributed by atoms with van der Waals surface area (Å²) >= 11 is 0. The van der Waals surface area contributed by atoms with Gasteiger partial charge in [-0.25, -0.2) is 0 Å². The van der Waals surface area contributed by atoms with Crippen molar-refractivity contribution in [1.82, 2.24) is 0 Å². The van der Waals surface area contributed by atoms with Crippen molar-refractivity contribution in [2.24, 2.45) is 0 Å². The molecule has 112 valence electrons. The third kappa shape index (κ3) is 1.48. The highest BCUT2D eigenvalue weighted by Gasteiger charge is 2.53. The number of Topliss-reactive ketones (excluding diaryl/α,β-unsaturated/α-hetero) is 1. The van der Waals surface area contributed by atoms with Crippen molar-refractivity contribution in [3.05, 3.63) is 42.0 Å². The van der Waals surface area contributed by atoms with Gasteiger partial charge in [0.15, 0.2) is 5.60 Å². The Morgan fingerprint density at radius 2 is 1.73 bits per heavy atom. The molecule has 3 aromatic rings. The van der Waals surface area contributed by atoms with Crippen LogP contribution in [0.4, 0.5) is 0 Å². The highest BCUT2D eigenvalue weighted by molar-refractivity contribution is 6.21. The highest BCUT2D eigenvalue weighted by Crippen LogP contribution is 2.44. The van der Waals surface area contributed by atoms with Crippen LogP contribution in [0.15, 0.2) is 40.8 Å². The van der Waals surface area contributed by atoms with Gasteiger partial charge in [0, 0.05) is 10.8 Å². The van der Waals surface area contributed by atoms with Crippen molar-refractivity contribution < 1.29 is 19.1 Å². The maximum atomic E-state index is 12.9. The molecule has 0 fully saturated rings. The molecule has 0 aliphatic carbocycles. The molecule has 4 rings (SSSR count). The second kappa shape index (κ2) is 3.90. The van der Waals surface area contributed by atoms with Gasteiger partial charge in [0.25, 0.3) is 0 Å². The molecule has 1 unspecified atom stereocenters. The van der Waals surface area contributed by atoms with Gasteiger partial charge in [-0.1, -0.05) is 18.2 Å². The number of carbonyl (C=O) groups is 1. The summed E-state index contributed by atoms with van der Waals surface area (Å²) < 4.78 is 11.7. The van der Waals surface area contributed by atoms with E-state index >= 15 is 0 Å². The van der Waals surface area contributed by atoms with Gasteiger partial charge in [-0.2, -0.15) is 0 Å². The van der Waals surface area contributed by atoms with E-state index < -0.39 is 11.2 Å². The largest absolute Gasteiger partial charge is 0.484 e. The predicted molar refractivity (Wildman–Crippen MR) is 83.4 cm³/mol. The molecule has 1 atom stereocenters. The lowest BCUT2D eigenvalue weighted by Crippen LogP contribution is -2.59. The molecule has 0 bridgehead atoms. The smallest absolute Gasteiger partial charge is 0.202 e. The summed E-state index contributed by atoms with van der Waals surface area (Å²) in [6.07, 6.45) is 0. The average molecular weight is 296 g/mol. The molecule has 2 aromatic carbocycles. The Bertz CT molecular complexity index is 931. The van der Waals surface area contributed by atoms with E-state index in [4.69, 9.17) is 9.15 Å². The van der Waals surface area contributed by atoms with Crippen molar-refractivity contribution in [3.63, 3.8) is 0 Å². The molecule has 0 saturated heterocycles. The molecule has 4 nitrogen and oxygen atoms in total. The summed E-state index contributed by atoms with van der Waals surface area (Å²) in [5, 5.41) is 12.2. The van der Waals surface area contributed by atoms with Crippen LogP contribution in [0.5, 0.6) is 5.75 Å². The SMILES string of the molecule is CC1(C)Oc2ccc3oc4ccccc4c3c2C(=O)C1(C)O. The molecule has 4 heteroatoms. The fraction of sp³-hybridized carbons (Fsp3) is 0.278. The normalized spacial score (nSPS) is 23.5. The zero-order valence-electron chi connectivity index (χ0n) is 12.6. The number of para-hydroxylation sites is 1. The zero-order valence-corrected chi connectivity index (χ0v) is 12.6. The number of hydrogen-bond acceptors (Lipinski definition) is 4. The molecule has 0 radical (unpaired) electrons. The monoisotopic (exact) mass is 296 g/mol. The van der Waals surface area contributed by atoms with Crippen molar-refractivity contribution in [2.45, 2.75) is 32.0 Å². The Hall–Kier alpha value is -2.33. The molecule has 0 saturated carbocycles. The first-order chi connectivity index (χ1) is 10.3. The Morgan fingerprint density at radius 3 is 2.50 bits per heavy atom. The van der Waals surface area contributed by atoms with Crippen LogP contribution >= 0.6 is 0 Å².